The standard InChI is InChI=1S/C12H21N5O3/c1-4-7(20-12(2,3)19)6-5-14-9-8(15-6)10(18)17-11(13)16-9/h6-7,15,19H,4-5H2,1-3H3,(H4,13,14,16,17,18)/t6?,7-/m0/s1. The van der Waals surface area contributed by atoms with Gasteiger partial charge in [0, 0.05) is 6.54 Å². The van der Waals surface area contributed by atoms with Crippen molar-refractivity contribution in [1.82, 2.24) is 9.97 Å². The van der Waals surface area contributed by atoms with Gasteiger partial charge in [0.15, 0.2) is 11.6 Å². The largest absolute Gasteiger partial charge is 0.370 e. The van der Waals surface area contributed by atoms with Gasteiger partial charge in [0.25, 0.3) is 5.56 Å². The van der Waals surface area contributed by atoms with Crippen molar-refractivity contribution >= 4 is 17.5 Å². The number of ether oxygens (including phenoxy) is 1. The third-order valence-electron chi connectivity index (χ3n) is 3.05. The first-order valence-electron chi connectivity index (χ1n) is 6.60. The first-order valence-corrected chi connectivity index (χ1v) is 6.60. The molecule has 1 aliphatic heterocycles. The number of nitrogens with one attached hydrogen (secondary N) is 3. The number of nitrogen functional groups attached to an aromatic ring is 1. The first-order chi connectivity index (χ1) is 9.30. The van der Waals surface area contributed by atoms with E-state index in [-0.39, 0.29) is 23.7 Å². The van der Waals surface area contributed by atoms with Gasteiger partial charge in [0.2, 0.25) is 5.95 Å². The summed E-state index contributed by atoms with van der Waals surface area (Å²) in [5.74, 6) is -0.726. The number of nitrogens with two attached hydrogens (primary N) is 1. The van der Waals surface area contributed by atoms with Crippen LogP contribution in [-0.4, -0.2) is 39.6 Å². The summed E-state index contributed by atoms with van der Waals surface area (Å²) in [7, 11) is 0. The highest BCUT2D eigenvalue weighted by Gasteiger charge is 2.31. The van der Waals surface area contributed by atoms with E-state index in [4.69, 9.17) is 10.5 Å². The Kier molecular flexibility index (Phi) is 3.87. The molecule has 1 aromatic rings. The highest BCUT2D eigenvalue weighted by atomic mass is 16.6. The number of fused-ring (bicyclic) bond motifs is 1. The maximum Gasteiger partial charge on any atom is 0.277 e. The zero-order valence-electron chi connectivity index (χ0n) is 11.9. The molecule has 0 saturated heterocycles. The van der Waals surface area contributed by atoms with Crippen molar-refractivity contribution in [3.05, 3.63) is 10.4 Å². The molecule has 2 atom stereocenters. The first kappa shape index (κ1) is 14.6. The summed E-state index contributed by atoms with van der Waals surface area (Å²) in [5.41, 5.74) is 5.50. The van der Waals surface area contributed by atoms with Crippen LogP contribution in [0.4, 0.5) is 17.5 Å². The fraction of sp³-hybridized carbons (Fsp3) is 0.667. The van der Waals surface area contributed by atoms with E-state index in [1.165, 1.54) is 0 Å². The van der Waals surface area contributed by atoms with Crippen LogP contribution in [0.25, 0.3) is 0 Å². The lowest BCUT2D eigenvalue weighted by molar-refractivity contribution is -0.208. The molecule has 0 amide bonds. The van der Waals surface area contributed by atoms with E-state index in [1.807, 2.05) is 6.92 Å². The molecule has 20 heavy (non-hydrogen) atoms. The van der Waals surface area contributed by atoms with Crippen molar-refractivity contribution in [3.63, 3.8) is 0 Å². The predicted octanol–water partition coefficient (Wildman–Crippen LogP) is 0.0817. The predicted molar refractivity (Wildman–Crippen MR) is 76.6 cm³/mol. The second-order valence-corrected chi connectivity index (χ2v) is 5.32. The Labute approximate surface area is 116 Å². The molecule has 2 heterocycles. The zero-order chi connectivity index (χ0) is 14.9. The van der Waals surface area contributed by atoms with E-state index in [0.717, 1.165) is 0 Å². The molecule has 112 valence electrons. The van der Waals surface area contributed by atoms with Crippen molar-refractivity contribution < 1.29 is 9.84 Å². The van der Waals surface area contributed by atoms with Crippen molar-refractivity contribution in [1.29, 1.82) is 0 Å². The van der Waals surface area contributed by atoms with E-state index in [9.17, 15) is 9.90 Å². The van der Waals surface area contributed by atoms with Crippen LogP contribution in [0.1, 0.15) is 27.2 Å². The number of aromatic amines is 1. The molecule has 0 aromatic carbocycles. The summed E-state index contributed by atoms with van der Waals surface area (Å²) in [6, 6.07) is -0.148. The smallest absolute Gasteiger partial charge is 0.277 e. The number of anilines is 3. The minimum Gasteiger partial charge on any atom is -0.370 e. The second-order valence-electron chi connectivity index (χ2n) is 5.32. The number of aliphatic hydroxyl groups is 1. The van der Waals surface area contributed by atoms with E-state index < -0.39 is 5.79 Å². The van der Waals surface area contributed by atoms with Gasteiger partial charge in [-0.25, -0.2) is 0 Å². The van der Waals surface area contributed by atoms with E-state index in [2.05, 4.69) is 20.6 Å². The number of hydrogen-bond acceptors (Lipinski definition) is 7. The van der Waals surface area contributed by atoms with Crippen LogP contribution in [0.15, 0.2) is 4.79 Å². The molecular formula is C12H21N5O3. The molecule has 6 N–H and O–H groups in total. The van der Waals surface area contributed by atoms with Gasteiger partial charge < -0.3 is 26.2 Å². The van der Waals surface area contributed by atoms with Crippen LogP contribution < -0.4 is 21.9 Å². The van der Waals surface area contributed by atoms with Crippen molar-refractivity contribution in [2.75, 3.05) is 22.9 Å². The molecule has 1 aromatic heterocycles. The van der Waals surface area contributed by atoms with Crippen LogP contribution in [0.5, 0.6) is 0 Å². The molecular weight excluding hydrogens is 262 g/mol. The number of rotatable bonds is 4. The van der Waals surface area contributed by atoms with Gasteiger partial charge in [-0.15, -0.1) is 0 Å². The molecule has 1 unspecified atom stereocenters. The van der Waals surface area contributed by atoms with E-state index in [0.29, 0.717) is 24.5 Å². The Morgan fingerprint density at radius 1 is 1.60 bits per heavy atom. The van der Waals surface area contributed by atoms with E-state index >= 15 is 0 Å². The van der Waals surface area contributed by atoms with Crippen LogP contribution >= 0.6 is 0 Å². The minimum absolute atomic E-state index is 0.0706. The Morgan fingerprint density at radius 3 is 2.90 bits per heavy atom. The van der Waals surface area contributed by atoms with Crippen molar-refractivity contribution in [2.24, 2.45) is 0 Å². The topological polar surface area (TPSA) is 125 Å². The zero-order valence-corrected chi connectivity index (χ0v) is 11.9. The lowest BCUT2D eigenvalue weighted by Crippen LogP contribution is -2.48. The maximum atomic E-state index is 11.9. The van der Waals surface area contributed by atoms with Gasteiger partial charge in [-0.3, -0.25) is 9.78 Å². The summed E-state index contributed by atoms with van der Waals surface area (Å²) in [6.07, 6.45) is 0.450. The number of hydrogen-bond donors (Lipinski definition) is 5. The SMILES string of the molecule is CC[C@H](OC(C)(C)O)C1CNc2nc(N)[nH]c(=O)c2N1. The average molecular weight is 283 g/mol. The van der Waals surface area contributed by atoms with Gasteiger partial charge in [0.05, 0.1) is 12.1 Å². The molecule has 0 radical (unpaired) electrons. The molecule has 8 heteroatoms. The van der Waals surface area contributed by atoms with Gasteiger partial charge in [-0.05, 0) is 20.3 Å². The molecule has 1 aliphatic rings. The number of aromatic nitrogens is 2. The van der Waals surface area contributed by atoms with Crippen LogP contribution in [0, 0.1) is 0 Å². The summed E-state index contributed by atoms with van der Waals surface area (Å²) < 4.78 is 5.60. The fourth-order valence-electron chi connectivity index (χ4n) is 2.24. The molecule has 0 bridgehead atoms. The molecule has 8 nitrogen and oxygen atoms in total. The van der Waals surface area contributed by atoms with Gasteiger partial charge in [-0.2, -0.15) is 4.98 Å². The molecule has 0 fully saturated rings. The Balaban J connectivity index is 2.20. The second kappa shape index (κ2) is 5.29. The van der Waals surface area contributed by atoms with Crippen LogP contribution in [0.3, 0.4) is 0 Å². The van der Waals surface area contributed by atoms with Crippen LogP contribution in [-0.2, 0) is 4.74 Å². The molecule has 2 rings (SSSR count). The van der Waals surface area contributed by atoms with Gasteiger partial charge >= 0.3 is 0 Å². The van der Waals surface area contributed by atoms with E-state index in [1.54, 1.807) is 13.8 Å². The normalized spacial score (nSPS) is 19.7. The highest BCUT2D eigenvalue weighted by molar-refractivity contribution is 5.67. The Hall–Kier alpha value is -1.80. The van der Waals surface area contributed by atoms with Crippen molar-refractivity contribution in [2.45, 2.75) is 45.1 Å². The lowest BCUT2D eigenvalue weighted by Gasteiger charge is -2.35. The van der Waals surface area contributed by atoms with Gasteiger partial charge in [0.1, 0.15) is 5.69 Å². The third kappa shape index (κ3) is 3.20. The summed E-state index contributed by atoms with van der Waals surface area (Å²) in [6.45, 7) is 5.64. The quantitative estimate of drug-likeness (QED) is 0.495. The highest BCUT2D eigenvalue weighted by Crippen LogP contribution is 2.24. The third-order valence-corrected chi connectivity index (χ3v) is 3.05. The summed E-state index contributed by atoms with van der Waals surface area (Å²) in [4.78, 5) is 18.3. The maximum absolute atomic E-state index is 11.9. The average Bonchev–Trinajstić information content (AvgIpc) is 2.34. The number of H-pyrrole nitrogens is 1. The summed E-state index contributed by atoms with van der Waals surface area (Å²) in [5, 5.41) is 15.9. The lowest BCUT2D eigenvalue weighted by atomic mass is 10.1. The molecule has 0 saturated carbocycles. The molecule has 0 aliphatic carbocycles. The van der Waals surface area contributed by atoms with Crippen LogP contribution in [0.2, 0.25) is 0 Å². The monoisotopic (exact) mass is 283 g/mol. The van der Waals surface area contributed by atoms with Crippen molar-refractivity contribution in [3.8, 4) is 0 Å². The fourth-order valence-corrected chi connectivity index (χ4v) is 2.24. The Bertz CT molecular complexity index is 537. The Morgan fingerprint density at radius 2 is 2.30 bits per heavy atom. The van der Waals surface area contributed by atoms with Gasteiger partial charge in [-0.1, -0.05) is 6.92 Å². The molecule has 0 spiro atoms. The number of nitrogens with zero attached hydrogens (tertiary/aromatic N) is 1. The summed E-state index contributed by atoms with van der Waals surface area (Å²) >= 11 is 0. The minimum atomic E-state index is -1.23.